The summed E-state index contributed by atoms with van der Waals surface area (Å²) in [6.07, 6.45) is 5.61. The van der Waals surface area contributed by atoms with Gasteiger partial charge in [0.15, 0.2) is 5.96 Å². The zero-order valence-corrected chi connectivity index (χ0v) is 17.5. The van der Waals surface area contributed by atoms with Crippen LogP contribution in [0.4, 0.5) is 0 Å². The first-order chi connectivity index (χ1) is 14.7. The largest absolute Gasteiger partial charge is 0.487 e. The zero-order valence-electron chi connectivity index (χ0n) is 17.5. The number of nitrogens with one attached hydrogen (secondary N) is 3. The molecule has 1 fully saturated rings. The average molecular weight is 407 g/mol. The molecular weight excluding hydrogens is 376 g/mol. The number of nitrogens with zero attached hydrogens (tertiary/aromatic N) is 1. The van der Waals surface area contributed by atoms with Gasteiger partial charge in [-0.15, -0.1) is 0 Å². The molecule has 4 rings (SSSR count). The topological polar surface area (TPSA) is 74.8 Å². The van der Waals surface area contributed by atoms with Crippen molar-refractivity contribution in [3.8, 4) is 5.75 Å². The number of hydrogen-bond acceptors (Lipinski definition) is 3. The minimum absolute atomic E-state index is 0.0610. The monoisotopic (exact) mass is 406 g/mol. The van der Waals surface area contributed by atoms with E-state index in [4.69, 9.17) is 4.74 Å². The fourth-order valence-electron chi connectivity index (χ4n) is 4.48. The number of amides is 1. The number of carbonyl (C=O) groups excluding carboxylic acids is 1. The van der Waals surface area contributed by atoms with E-state index in [0.29, 0.717) is 18.7 Å². The van der Waals surface area contributed by atoms with Crippen molar-refractivity contribution >= 4 is 11.9 Å². The molecule has 2 aromatic rings. The molecule has 6 heteroatoms. The van der Waals surface area contributed by atoms with Crippen molar-refractivity contribution in [1.29, 1.82) is 0 Å². The maximum Gasteiger partial charge on any atom is 0.251 e. The summed E-state index contributed by atoms with van der Waals surface area (Å²) in [5, 5.41) is 9.83. The highest BCUT2D eigenvalue weighted by atomic mass is 16.5. The van der Waals surface area contributed by atoms with Crippen LogP contribution in [0, 0.1) is 0 Å². The van der Waals surface area contributed by atoms with Gasteiger partial charge in [0.05, 0.1) is 6.04 Å². The minimum atomic E-state index is -0.0677. The molecule has 1 amide bonds. The van der Waals surface area contributed by atoms with Gasteiger partial charge in [-0.1, -0.05) is 36.4 Å². The van der Waals surface area contributed by atoms with Crippen molar-refractivity contribution in [3.05, 3.63) is 65.7 Å². The van der Waals surface area contributed by atoms with Gasteiger partial charge in [-0.25, -0.2) is 0 Å². The highest BCUT2D eigenvalue weighted by Crippen LogP contribution is 2.46. The maximum atomic E-state index is 12.2. The number of ether oxygens (including phenoxy) is 1. The lowest BCUT2D eigenvalue weighted by Gasteiger charge is -2.40. The molecule has 0 aromatic heterocycles. The van der Waals surface area contributed by atoms with E-state index in [2.05, 4.69) is 39.1 Å². The van der Waals surface area contributed by atoms with Gasteiger partial charge in [0.1, 0.15) is 11.4 Å². The number of guanidine groups is 1. The Labute approximate surface area is 178 Å². The van der Waals surface area contributed by atoms with E-state index in [1.807, 2.05) is 36.4 Å². The number of aliphatic imine (C=N–C) groups is 1. The van der Waals surface area contributed by atoms with Gasteiger partial charge in [-0.3, -0.25) is 9.79 Å². The molecule has 1 spiro atoms. The summed E-state index contributed by atoms with van der Waals surface area (Å²) in [6.45, 7) is 1.11. The predicted octanol–water partition coefficient (Wildman–Crippen LogP) is 3.42. The molecule has 1 atom stereocenters. The minimum Gasteiger partial charge on any atom is -0.487 e. The van der Waals surface area contributed by atoms with Crippen LogP contribution >= 0.6 is 0 Å². The smallest absolute Gasteiger partial charge is 0.251 e. The van der Waals surface area contributed by atoms with Crippen LogP contribution in [0.1, 0.15) is 54.1 Å². The Kier molecular flexibility index (Phi) is 6.21. The molecule has 1 aliphatic carbocycles. The van der Waals surface area contributed by atoms with Crippen molar-refractivity contribution in [2.24, 2.45) is 4.99 Å². The van der Waals surface area contributed by atoms with Crippen LogP contribution in [0.3, 0.4) is 0 Å². The summed E-state index contributed by atoms with van der Waals surface area (Å²) in [7, 11) is 1.77. The number of rotatable bonds is 5. The average Bonchev–Trinajstić information content (AvgIpc) is 3.23. The molecule has 158 valence electrons. The highest BCUT2D eigenvalue weighted by molar-refractivity contribution is 5.94. The quantitative estimate of drug-likeness (QED) is 0.404. The Balaban J connectivity index is 1.33. The van der Waals surface area contributed by atoms with Gasteiger partial charge < -0.3 is 20.7 Å². The molecule has 1 heterocycles. The van der Waals surface area contributed by atoms with Crippen LogP contribution in [-0.2, 0) is 0 Å². The van der Waals surface area contributed by atoms with Crippen LogP contribution in [0.25, 0.3) is 0 Å². The number of fused-ring (bicyclic) bond motifs is 1. The van der Waals surface area contributed by atoms with Crippen molar-refractivity contribution in [3.63, 3.8) is 0 Å². The summed E-state index contributed by atoms with van der Waals surface area (Å²) in [4.78, 5) is 16.5. The molecule has 0 radical (unpaired) electrons. The van der Waals surface area contributed by atoms with Gasteiger partial charge in [-0.2, -0.15) is 0 Å². The summed E-state index contributed by atoms with van der Waals surface area (Å²) in [5.74, 6) is 1.65. The Morgan fingerprint density at radius 2 is 1.73 bits per heavy atom. The van der Waals surface area contributed by atoms with Crippen LogP contribution in [0.5, 0.6) is 5.75 Å². The summed E-state index contributed by atoms with van der Waals surface area (Å²) in [6, 6.07) is 17.7. The highest BCUT2D eigenvalue weighted by Gasteiger charge is 2.43. The van der Waals surface area contributed by atoms with E-state index in [1.165, 1.54) is 18.4 Å². The predicted molar refractivity (Wildman–Crippen MR) is 119 cm³/mol. The molecule has 1 unspecified atom stereocenters. The van der Waals surface area contributed by atoms with Crippen molar-refractivity contribution in [2.45, 2.75) is 43.7 Å². The SMILES string of the molecule is CN=C(NCCNC(=O)c1ccccc1)NC1CC2(CCCC2)Oc2ccccc21. The Hall–Kier alpha value is -3.02. The van der Waals surface area contributed by atoms with Crippen LogP contribution < -0.4 is 20.7 Å². The second kappa shape index (κ2) is 9.20. The summed E-state index contributed by atoms with van der Waals surface area (Å²) in [5.41, 5.74) is 1.78. The second-order valence-corrected chi connectivity index (χ2v) is 8.05. The molecule has 3 N–H and O–H groups in total. The Morgan fingerprint density at radius 3 is 2.50 bits per heavy atom. The number of carbonyl (C=O) groups is 1. The molecule has 6 nitrogen and oxygen atoms in total. The lowest BCUT2D eigenvalue weighted by Crippen LogP contribution is -2.47. The number of para-hydroxylation sites is 1. The van der Waals surface area contributed by atoms with Crippen molar-refractivity contribution < 1.29 is 9.53 Å². The first kappa shape index (κ1) is 20.3. The molecule has 0 saturated heterocycles. The first-order valence-corrected chi connectivity index (χ1v) is 10.8. The fraction of sp³-hybridized carbons (Fsp3) is 0.417. The molecule has 0 bridgehead atoms. The number of hydrogen-bond donors (Lipinski definition) is 3. The van der Waals surface area contributed by atoms with Crippen LogP contribution in [0.2, 0.25) is 0 Å². The third-order valence-electron chi connectivity index (χ3n) is 5.99. The van der Waals surface area contributed by atoms with E-state index < -0.39 is 0 Å². The molecule has 30 heavy (non-hydrogen) atoms. The van der Waals surface area contributed by atoms with Gasteiger partial charge >= 0.3 is 0 Å². The summed E-state index contributed by atoms with van der Waals surface area (Å²) >= 11 is 0. The van der Waals surface area contributed by atoms with Crippen LogP contribution in [0.15, 0.2) is 59.6 Å². The van der Waals surface area contributed by atoms with Crippen molar-refractivity contribution in [2.75, 3.05) is 20.1 Å². The van der Waals surface area contributed by atoms with E-state index >= 15 is 0 Å². The fourth-order valence-corrected chi connectivity index (χ4v) is 4.48. The lowest BCUT2D eigenvalue weighted by atomic mass is 9.86. The number of benzene rings is 2. The second-order valence-electron chi connectivity index (χ2n) is 8.05. The molecule has 2 aliphatic rings. The third kappa shape index (κ3) is 4.58. The Bertz CT molecular complexity index is 891. The molecule has 1 saturated carbocycles. The molecular formula is C24H30N4O2. The third-order valence-corrected chi connectivity index (χ3v) is 5.99. The van der Waals surface area contributed by atoms with Gasteiger partial charge in [0, 0.05) is 37.7 Å². The van der Waals surface area contributed by atoms with Gasteiger partial charge in [-0.05, 0) is 43.9 Å². The molecule has 1 aliphatic heterocycles. The normalized spacial score (nSPS) is 19.6. The zero-order chi connectivity index (χ0) is 20.8. The van der Waals surface area contributed by atoms with Gasteiger partial charge in [0.25, 0.3) is 5.91 Å². The maximum absolute atomic E-state index is 12.2. The first-order valence-electron chi connectivity index (χ1n) is 10.8. The van der Waals surface area contributed by atoms with E-state index in [9.17, 15) is 4.79 Å². The van der Waals surface area contributed by atoms with E-state index in [-0.39, 0.29) is 17.6 Å². The van der Waals surface area contributed by atoms with Crippen molar-refractivity contribution in [1.82, 2.24) is 16.0 Å². The van der Waals surface area contributed by atoms with E-state index in [0.717, 1.165) is 31.0 Å². The lowest BCUT2D eigenvalue weighted by molar-refractivity contribution is 0.0396. The van der Waals surface area contributed by atoms with Crippen LogP contribution in [-0.4, -0.2) is 37.6 Å². The van der Waals surface area contributed by atoms with E-state index in [1.54, 1.807) is 7.05 Å². The Morgan fingerprint density at radius 1 is 1.03 bits per heavy atom. The standard InChI is InChI=1S/C24H30N4O2/c1-25-23(27-16-15-26-22(29)18-9-3-2-4-10-18)28-20-17-24(13-7-8-14-24)30-21-12-6-5-11-19(20)21/h2-6,9-12,20H,7-8,13-17H2,1H3,(H,26,29)(H2,25,27,28). The summed E-state index contributed by atoms with van der Waals surface area (Å²) < 4.78 is 6.45. The van der Waals surface area contributed by atoms with Gasteiger partial charge in [0.2, 0.25) is 0 Å². The molecule has 2 aromatic carbocycles.